The van der Waals surface area contributed by atoms with E-state index in [0.717, 1.165) is 11.1 Å². The van der Waals surface area contributed by atoms with Crippen molar-refractivity contribution in [2.24, 2.45) is 5.73 Å². The summed E-state index contributed by atoms with van der Waals surface area (Å²) >= 11 is 6.03. The van der Waals surface area contributed by atoms with E-state index in [-0.39, 0.29) is 49.5 Å². The molecular formula is C21H23Cl2F2N7O. The molecule has 33 heavy (non-hydrogen) atoms. The van der Waals surface area contributed by atoms with Gasteiger partial charge in [0.25, 0.3) is 11.8 Å². The molecule has 0 radical (unpaired) electrons. The zero-order valence-electron chi connectivity index (χ0n) is 17.6. The maximum Gasteiger partial charge on any atom is 0.272 e. The van der Waals surface area contributed by atoms with Crippen LogP contribution in [0.3, 0.4) is 0 Å². The summed E-state index contributed by atoms with van der Waals surface area (Å²) in [6.07, 6.45) is 4.10. The second kappa shape index (κ2) is 9.98. The lowest BCUT2D eigenvalue weighted by Crippen LogP contribution is -2.44. The molecule has 1 unspecified atom stereocenters. The summed E-state index contributed by atoms with van der Waals surface area (Å²) in [6.45, 7) is 1.99. The summed E-state index contributed by atoms with van der Waals surface area (Å²) in [5.74, 6) is -2.30. The van der Waals surface area contributed by atoms with Gasteiger partial charge in [-0.05, 0) is 24.6 Å². The number of amides is 1. The van der Waals surface area contributed by atoms with E-state index in [1.807, 2.05) is 6.07 Å². The van der Waals surface area contributed by atoms with Gasteiger partial charge in [-0.2, -0.15) is 4.98 Å². The van der Waals surface area contributed by atoms with Crippen molar-refractivity contribution in [3.63, 3.8) is 0 Å². The summed E-state index contributed by atoms with van der Waals surface area (Å²) in [7, 11) is 0. The highest BCUT2D eigenvalue weighted by Gasteiger charge is 2.45. The van der Waals surface area contributed by atoms with Crippen molar-refractivity contribution in [1.82, 2.24) is 24.8 Å². The quantitative estimate of drug-likeness (QED) is 0.459. The van der Waals surface area contributed by atoms with E-state index in [1.54, 1.807) is 35.9 Å². The lowest BCUT2D eigenvalue weighted by Gasteiger charge is -2.35. The number of nitrogens with two attached hydrogens (primary N) is 1. The van der Waals surface area contributed by atoms with E-state index >= 15 is 0 Å². The number of hydrogen-bond donors (Lipinski definition) is 3. The SMILES string of the molecule is Cc1cnc(NC2CC(F)(F)C2)nc1-n1cnc(C(=O)NC(CN)c2cccc(Cl)c2)c1.Cl. The van der Waals surface area contributed by atoms with Crippen molar-refractivity contribution in [3.8, 4) is 5.82 Å². The minimum absolute atomic E-state index is 0. The molecule has 1 aliphatic rings. The molecule has 12 heteroatoms. The fourth-order valence-electron chi connectivity index (χ4n) is 3.50. The Morgan fingerprint density at radius 2 is 2.12 bits per heavy atom. The molecule has 1 aliphatic carbocycles. The van der Waals surface area contributed by atoms with E-state index in [0.29, 0.717) is 10.8 Å². The van der Waals surface area contributed by atoms with Crippen LogP contribution < -0.4 is 16.4 Å². The zero-order valence-corrected chi connectivity index (χ0v) is 19.2. The number of benzene rings is 1. The number of carbonyl (C=O) groups excluding carboxylic acids is 1. The Labute approximate surface area is 200 Å². The van der Waals surface area contributed by atoms with Gasteiger partial charge >= 0.3 is 0 Å². The standard InChI is InChI=1S/C21H22ClF2N7O.ClH/c1-12-9-26-20(28-15-6-21(23,24)7-15)30-18(12)31-10-17(27-11-31)19(32)29-16(8-25)13-3-2-4-14(22)5-13;/h2-5,9-11,15-16H,6-8,25H2,1H3,(H,29,32)(H,26,28,30);1H. The van der Waals surface area contributed by atoms with Crippen LogP contribution in [0.5, 0.6) is 0 Å². The Morgan fingerprint density at radius 1 is 1.36 bits per heavy atom. The van der Waals surface area contributed by atoms with Gasteiger partial charge in [0.1, 0.15) is 17.8 Å². The van der Waals surface area contributed by atoms with Crippen molar-refractivity contribution >= 4 is 35.9 Å². The van der Waals surface area contributed by atoms with Crippen LogP contribution in [-0.2, 0) is 0 Å². The van der Waals surface area contributed by atoms with Crippen LogP contribution in [0.15, 0.2) is 43.0 Å². The first kappa shape index (κ1) is 24.8. The fourth-order valence-corrected chi connectivity index (χ4v) is 3.70. The molecule has 0 saturated heterocycles. The Balaban J connectivity index is 0.00000306. The number of aromatic nitrogens is 4. The van der Waals surface area contributed by atoms with E-state index in [4.69, 9.17) is 17.3 Å². The number of carbonyl (C=O) groups is 1. The summed E-state index contributed by atoms with van der Waals surface area (Å²) in [5.41, 5.74) is 7.53. The molecule has 2 heterocycles. The number of rotatable bonds is 7. The molecule has 4 N–H and O–H groups in total. The summed E-state index contributed by atoms with van der Waals surface area (Å²) < 4.78 is 27.7. The molecule has 2 aromatic heterocycles. The number of alkyl halides is 2. The minimum atomic E-state index is -2.63. The van der Waals surface area contributed by atoms with Gasteiger partial charge in [-0.15, -0.1) is 12.4 Å². The van der Waals surface area contributed by atoms with E-state index in [1.165, 1.54) is 12.5 Å². The predicted octanol–water partition coefficient (Wildman–Crippen LogP) is 3.69. The molecular weight excluding hydrogens is 475 g/mol. The molecule has 0 aliphatic heterocycles. The van der Waals surface area contributed by atoms with E-state index in [2.05, 4.69) is 25.6 Å². The van der Waals surface area contributed by atoms with Gasteiger partial charge in [-0.25, -0.2) is 18.7 Å². The third-order valence-electron chi connectivity index (χ3n) is 5.22. The first-order chi connectivity index (χ1) is 15.2. The van der Waals surface area contributed by atoms with Gasteiger partial charge in [0, 0.05) is 48.4 Å². The molecule has 3 aromatic rings. The molecule has 0 bridgehead atoms. The second-order valence-electron chi connectivity index (χ2n) is 7.79. The highest BCUT2D eigenvalue weighted by Crippen LogP contribution is 2.38. The zero-order chi connectivity index (χ0) is 22.9. The molecule has 176 valence electrons. The van der Waals surface area contributed by atoms with Crippen molar-refractivity contribution in [3.05, 3.63) is 64.8 Å². The summed E-state index contributed by atoms with van der Waals surface area (Å²) in [4.78, 5) is 25.5. The third kappa shape index (κ3) is 5.76. The number of nitrogens with one attached hydrogen (secondary N) is 2. The number of nitrogens with zero attached hydrogens (tertiary/aromatic N) is 4. The maximum absolute atomic E-state index is 13.1. The van der Waals surface area contributed by atoms with Crippen LogP contribution in [0.1, 0.15) is 40.5 Å². The van der Waals surface area contributed by atoms with Crippen LogP contribution >= 0.6 is 24.0 Å². The van der Waals surface area contributed by atoms with Crippen LogP contribution in [-0.4, -0.2) is 43.9 Å². The monoisotopic (exact) mass is 497 g/mol. The largest absolute Gasteiger partial charge is 0.351 e. The van der Waals surface area contributed by atoms with Gasteiger partial charge in [-0.1, -0.05) is 23.7 Å². The van der Waals surface area contributed by atoms with E-state index in [9.17, 15) is 13.6 Å². The van der Waals surface area contributed by atoms with Gasteiger partial charge in [0.2, 0.25) is 5.95 Å². The number of anilines is 1. The molecule has 1 amide bonds. The first-order valence-corrected chi connectivity index (χ1v) is 10.4. The molecule has 1 fully saturated rings. The highest BCUT2D eigenvalue weighted by molar-refractivity contribution is 6.30. The van der Waals surface area contributed by atoms with Gasteiger partial charge in [-0.3, -0.25) is 9.36 Å². The van der Waals surface area contributed by atoms with Gasteiger partial charge in [0.05, 0.1) is 6.04 Å². The average Bonchev–Trinajstić information content (AvgIpc) is 3.22. The molecule has 1 aromatic carbocycles. The normalized spacial score (nSPS) is 15.8. The Kier molecular flexibility index (Phi) is 7.51. The van der Waals surface area contributed by atoms with Gasteiger partial charge < -0.3 is 16.4 Å². The molecule has 4 rings (SSSR count). The Morgan fingerprint density at radius 3 is 2.79 bits per heavy atom. The molecule has 1 atom stereocenters. The van der Waals surface area contributed by atoms with Crippen molar-refractivity contribution in [2.75, 3.05) is 11.9 Å². The predicted molar refractivity (Wildman–Crippen MR) is 123 cm³/mol. The first-order valence-electron chi connectivity index (χ1n) is 10.0. The number of hydrogen-bond acceptors (Lipinski definition) is 6. The van der Waals surface area contributed by atoms with Crippen molar-refractivity contribution in [2.45, 2.75) is 37.8 Å². The van der Waals surface area contributed by atoms with Crippen LogP contribution in [0.4, 0.5) is 14.7 Å². The molecule has 0 spiro atoms. The minimum Gasteiger partial charge on any atom is -0.351 e. The highest BCUT2D eigenvalue weighted by atomic mass is 35.5. The van der Waals surface area contributed by atoms with Gasteiger partial charge in [0.15, 0.2) is 0 Å². The lowest BCUT2D eigenvalue weighted by molar-refractivity contribution is -0.0794. The van der Waals surface area contributed by atoms with Crippen molar-refractivity contribution < 1.29 is 13.6 Å². The topological polar surface area (TPSA) is 111 Å². The van der Waals surface area contributed by atoms with Crippen LogP contribution in [0, 0.1) is 6.92 Å². The summed E-state index contributed by atoms with van der Waals surface area (Å²) in [5, 5.41) is 6.32. The van der Waals surface area contributed by atoms with E-state index < -0.39 is 17.9 Å². The lowest BCUT2D eigenvalue weighted by atomic mass is 9.88. The molecule has 1 saturated carbocycles. The number of aryl methyl sites for hydroxylation is 1. The summed E-state index contributed by atoms with van der Waals surface area (Å²) in [6, 6.07) is 6.31. The Hall–Kier alpha value is -2.82. The Bertz CT molecular complexity index is 1130. The fraction of sp³-hybridized carbons (Fsp3) is 0.333. The maximum atomic E-state index is 13.1. The second-order valence-corrected chi connectivity index (χ2v) is 8.23. The van der Waals surface area contributed by atoms with Crippen LogP contribution in [0.25, 0.3) is 5.82 Å². The third-order valence-corrected chi connectivity index (χ3v) is 5.46. The number of imidazole rings is 1. The number of halogens is 4. The average molecular weight is 498 g/mol. The smallest absolute Gasteiger partial charge is 0.272 e. The van der Waals surface area contributed by atoms with Crippen LogP contribution in [0.2, 0.25) is 5.02 Å². The molecule has 8 nitrogen and oxygen atoms in total. The van der Waals surface area contributed by atoms with Crippen molar-refractivity contribution in [1.29, 1.82) is 0 Å².